The fourth-order valence-corrected chi connectivity index (χ4v) is 4.13. The smallest absolute Gasteiger partial charge is 0.241 e. The van der Waals surface area contributed by atoms with E-state index in [0.29, 0.717) is 11.1 Å². The molecule has 20 heavy (non-hydrogen) atoms. The molecular weight excluding hydrogens is 276 g/mol. The van der Waals surface area contributed by atoms with Gasteiger partial charge in [0.15, 0.2) is 0 Å². The third-order valence-electron chi connectivity index (χ3n) is 3.67. The molecule has 1 unspecified atom stereocenters. The summed E-state index contributed by atoms with van der Waals surface area (Å²) in [4.78, 5) is 2.39. The molecule has 6 heteroatoms. The predicted molar refractivity (Wildman–Crippen MR) is 77.9 cm³/mol. The van der Waals surface area contributed by atoms with Gasteiger partial charge in [-0.15, -0.1) is 0 Å². The molecule has 1 atom stereocenters. The molecule has 0 saturated carbocycles. The van der Waals surface area contributed by atoms with Crippen molar-refractivity contribution < 1.29 is 13.5 Å². The molecule has 1 fully saturated rings. The van der Waals surface area contributed by atoms with E-state index in [9.17, 15) is 8.42 Å². The molecule has 2 N–H and O–H groups in total. The normalized spacial score (nSPS) is 21.1. The number of hydrogen-bond acceptors (Lipinski definition) is 4. The third-order valence-corrected chi connectivity index (χ3v) is 5.33. The summed E-state index contributed by atoms with van der Waals surface area (Å²) in [6.07, 6.45) is 1.86. The quantitative estimate of drug-likeness (QED) is 0.865. The van der Waals surface area contributed by atoms with Gasteiger partial charge in [-0.25, -0.2) is 13.1 Å². The zero-order valence-electron chi connectivity index (χ0n) is 12.0. The van der Waals surface area contributed by atoms with Crippen molar-refractivity contribution in [3.63, 3.8) is 0 Å². The Morgan fingerprint density at radius 3 is 2.85 bits per heavy atom. The van der Waals surface area contributed by atoms with Crippen LogP contribution in [-0.4, -0.2) is 44.6 Å². The lowest BCUT2D eigenvalue weighted by molar-refractivity contribution is 0.242. The van der Waals surface area contributed by atoms with Gasteiger partial charge in [0.1, 0.15) is 0 Å². The number of aliphatic hydroxyl groups excluding tert-OH is 1. The van der Waals surface area contributed by atoms with Gasteiger partial charge in [0.25, 0.3) is 0 Å². The van der Waals surface area contributed by atoms with Gasteiger partial charge in [0.2, 0.25) is 10.0 Å². The van der Waals surface area contributed by atoms with Crippen LogP contribution in [0.15, 0.2) is 23.1 Å². The summed E-state index contributed by atoms with van der Waals surface area (Å²) in [5.41, 5.74) is 1.30. The van der Waals surface area contributed by atoms with E-state index in [-0.39, 0.29) is 17.5 Å². The highest BCUT2D eigenvalue weighted by atomic mass is 32.2. The van der Waals surface area contributed by atoms with Crippen LogP contribution in [0.25, 0.3) is 0 Å². The van der Waals surface area contributed by atoms with Crippen molar-refractivity contribution in [3.05, 3.63) is 29.3 Å². The minimum atomic E-state index is -3.53. The maximum Gasteiger partial charge on any atom is 0.241 e. The first kappa shape index (κ1) is 15.4. The summed E-state index contributed by atoms with van der Waals surface area (Å²) in [5, 5.41) is 9.15. The van der Waals surface area contributed by atoms with Crippen LogP contribution in [0.5, 0.6) is 0 Å². The van der Waals surface area contributed by atoms with Gasteiger partial charge in [0, 0.05) is 12.6 Å². The molecule has 0 aromatic heterocycles. The zero-order valence-corrected chi connectivity index (χ0v) is 12.8. The Bertz CT molecular complexity index is 572. The van der Waals surface area contributed by atoms with Crippen LogP contribution >= 0.6 is 0 Å². The molecule has 0 amide bonds. The lowest BCUT2D eigenvalue weighted by atomic mass is 10.1. The SMILES string of the molecule is Cc1ccc(CO)cc1S(=O)(=O)NC1CCCN(C)C1. The number of hydrogen-bond donors (Lipinski definition) is 2. The van der Waals surface area contributed by atoms with E-state index in [1.54, 1.807) is 25.1 Å². The van der Waals surface area contributed by atoms with Crippen LogP contribution in [0, 0.1) is 6.92 Å². The molecule has 1 aromatic rings. The number of likely N-dealkylation sites (N-methyl/N-ethyl adjacent to an activating group) is 1. The van der Waals surface area contributed by atoms with Gasteiger partial charge in [-0.05, 0) is 50.6 Å². The maximum atomic E-state index is 12.5. The summed E-state index contributed by atoms with van der Waals surface area (Å²) in [5.74, 6) is 0. The van der Waals surface area contributed by atoms with Crippen LogP contribution in [0.1, 0.15) is 24.0 Å². The topological polar surface area (TPSA) is 69.6 Å². The Kier molecular flexibility index (Phi) is 4.80. The first-order chi connectivity index (χ1) is 9.42. The Morgan fingerprint density at radius 1 is 1.45 bits per heavy atom. The highest BCUT2D eigenvalue weighted by Gasteiger charge is 2.25. The molecule has 1 aliphatic rings. The van der Waals surface area contributed by atoms with Gasteiger partial charge in [-0.3, -0.25) is 0 Å². The van der Waals surface area contributed by atoms with E-state index in [1.165, 1.54) is 0 Å². The van der Waals surface area contributed by atoms with Gasteiger partial charge in [-0.1, -0.05) is 12.1 Å². The van der Waals surface area contributed by atoms with E-state index in [4.69, 9.17) is 5.11 Å². The molecule has 0 bridgehead atoms. The maximum absolute atomic E-state index is 12.5. The molecule has 1 aliphatic heterocycles. The number of sulfonamides is 1. The molecule has 0 aliphatic carbocycles. The van der Waals surface area contributed by atoms with Crippen molar-refractivity contribution in [3.8, 4) is 0 Å². The fourth-order valence-electron chi connectivity index (χ4n) is 2.58. The number of nitrogens with zero attached hydrogens (tertiary/aromatic N) is 1. The minimum absolute atomic E-state index is 0.0454. The van der Waals surface area contributed by atoms with Crippen LogP contribution in [0.3, 0.4) is 0 Å². The lowest BCUT2D eigenvalue weighted by Gasteiger charge is -2.30. The molecule has 1 heterocycles. The monoisotopic (exact) mass is 298 g/mol. The number of benzene rings is 1. The first-order valence-corrected chi connectivity index (χ1v) is 8.32. The highest BCUT2D eigenvalue weighted by molar-refractivity contribution is 7.89. The minimum Gasteiger partial charge on any atom is -0.392 e. The summed E-state index contributed by atoms with van der Waals surface area (Å²) in [6.45, 7) is 3.35. The molecule has 1 aromatic carbocycles. The molecule has 0 radical (unpaired) electrons. The average Bonchev–Trinajstić information content (AvgIpc) is 2.38. The Morgan fingerprint density at radius 2 is 2.20 bits per heavy atom. The number of aryl methyl sites for hydroxylation is 1. The second-order valence-electron chi connectivity index (χ2n) is 5.48. The third kappa shape index (κ3) is 3.58. The summed E-state index contributed by atoms with van der Waals surface area (Å²) >= 11 is 0. The van der Waals surface area contributed by atoms with Gasteiger partial charge >= 0.3 is 0 Å². The number of piperidine rings is 1. The average molecular weight is 298 g/mol. The van der Waals surface area contributed by atoms with Crippen LogP contribution < -0.4 is 4.72 Å². The van der Waals surface area contributed by atoms with Crippen molar-refractivity contribution in [1.29, 1.82) is 0 Å². The second-order valence-corrected chi connectivity index (χ2v) is 7.16. The fraction of sp³-hybridized carbons (Fsp3) is 0.571. The molecule has 5 nitrogen and oxygen atoms in total. The molecule has 112 valence electrons. The van der Waals surface area contributed by atoms with E-state index in [0.717, 1.165) is 25.9 Å². The lowest BCUT2D eigenvalue weighted by Crippen LogP contribution is -2.46. The Hall–Kier alpha value is -0.950. The van der Waals surface area contributed by atoms with E-state index >= 15 is 0 Å². The Balaban J connectivity index is 2.21. The number of aliphatic hydroxyl groups is 1. The molecular formula is C14H22N2O3S. The van der Waals surface area contributed by atoms with Crippen LogP contribution in [-0.2, 0) is 16.6 Å². The summed E-state index contributed by atoms with van der Waals surface area (Å²) in [7, 11) is -1.54. The molecule has 1 saturated heterocycles. The highest BCUT2D eigenvalue weighted by Crippen LogP contribution is 2.19. The van der Waals surface area contributed by atoms with Crippen molar-refractivity contribution in [1.82, 2.24) is 9.62 Å². The van der Waals surface area contributed by atoms with Crippen LogP contribution in [0.2, 0.25) is 0 Å². The van der Waals surface area contributed by atoms with Gasteiger partial charge < -0.3 is 10.0 Å². The van der Waals surface area contributed by atoms with E-state index < -0.39 is 10.0 Å². The van der Waals surface area contributed by atoms with Crippen molar-refractivity contribution in [2.75, 3.05) is 20.1 Å². The molecule has 0 spiro atoms. The van der Waals surface area contributed by atoms with Crippen molar-refractivity contribution in [2.24, 2.45) is 0 Å². The molecule has 2 rings (SSSR count). The van der Waals surface area contributed by atoms with Crippen molar-refractivity contribution in [2.45, 2.75) is 37.3 Å². The van der Waals surface area contributed by atoms with Gasteiger partial charge in [0.05, 0.1) is 11.5 Å². The number of rotatable bonds is 4. The van der Waals surface area contributed by atoms with E-state index in [2.05, 4.69) is 9.62 Å². The summed E-state index contributed by atoms with van der Waals surface area (Å²) in [6, 6.07) is 4.97. The number of nitrogens with one attached hydrogen (secondary N) is 1. The Labute approximate surface area is 120 Å². The largest absolute Gasteiger partial charge is 0.392 e. The van der Waals surface area contributed by atoms with Crippen molar-refractivity contribution >= 4 is 10.0 Å². The van der Waals surface area contributed by atoms with Crippen LogP contribution in [0.4, 0.5) is 0 Å². The van der Waals surface area contributed by atoms with Gasteiger partial charge in [-0.2, -0.15) is 0 Å². The standard InChI is InChI=1S/C14H22N2O3S/c1-11-5-6-12(10-17)8-14(11)20(18,19)15-13-4-3-7-16(2)9-13/h5-6,8,13,15,17H,3-4,7,9-10H2,1-2H3. The first-order valence-electron chi connectivity index (χ1n) is 6.83. The summed E-state index contributed by atoms with van der Waals surface area (Å²) < 4.78 is 27.8. The second kappa shape index (κ2) is 6.22. The predicted octanol–water partition coefficient (Wildman–Crippen LogP) is 0.860. The number of likely N-dealkylation sites (tertiary alicyclic amines) is 1. The zero-order chi connectivity index (χ0) is 14.8. The van der Waals surface area contributed by atoms with E-state index in [1.807, 2.05) is 7.05 Å².